The molecule has 3 aliphatic carbocycles. The van der Waals surface area contributed by atoms with Gasteiger partial charge in [0.05, 0.1) is 12.3 Å². The number of hydrogen-bond acceptors (Lipinski definition) is 4. The zero-order valence-corrected chi connectivity index (χ0v) is 19.2. The number of nitrogens with one attached hydrogen (secondary N) is 2. The summed E-state index contributed by atoms with van der Waals surface area (Å²) < 4.78 is 5.71. The number of benzene rings is 2. The van der Waals surface area contributed by atoms with Gasteiger partial charge in [-0.05, 0) is 60.3 Å². The molecule has 0 aromatic heterocycles. The molecule has 0 aliphatic heterocycles. The highest BCUT2D eigenvalue weighted by Crippen LogP contribution is 2.49. The zero-order valence-electron chi connectivity index (χ0n) is 19.2. The maximum absolute atomic E-state index is 13.0. The lowest BCUT2D eigenvalue weighted by Crippen LogP contribution is -2.51. The van der Waals surface area contributed by atoms with Crippen LogP contribution in [-0.4, -0.2) is 41.8 Å². The molecule has 0 heterocycles. The summed E-state index contributed by atoms with van der Waals surface area (Å²) in [6, 6.07) is 15.6. The summed E-state index contributed by atoms with van der Waals surface area (Å²) >= 11 is 0. The van der Waals surface area contributed by atoms with Crippen molar-refractivity contribution >= 4 is 18.0 Å². The van der Waals surface area contributed by atoms with Crippen LogP contribution in [0, 0.1) is 17.8 Å². The van der Waals surface area contributed by atoms with E-state index in [1.54, 1.807) is 6.92 Å². The molecule has 5 atom stereocenters. The first-order valence-corrected chi connectivity index (χ1v) is 12.1. The van der Waals surface area contributed by atoms with Crippen molar-refractivity contribution in [2.75, 3.05) is 6.61 Å². The first kappa shape index (κ1) is 22.4. The Balaban J connectivity index is 1.24. The fourth-order valence-electron chi connectivity index (χ4n) is 6.30. The van der Waals surface area contributed by atoms with Gasteiger partial charge in [-0.25, -0.2) is 4.79 Å². The van der Waals surface area contributed by atoms with Crippen molar-refractivity contribution in [1.82, 2.24) is 10.6 Å². The summed E-state index contributed by atoms with van der Waals surface area (Å²) in [6.45, 7) is 1.92. The molecule has 2 saturated carbocycles. The van der Waals surface area contributed by atoms with Crippen LogP contribution < -0.4 is 10.6 Å². The molecule has 178 valence electrons. The molecule has 0 spiro atoms. The molecule has 0 radical (unpaired) electrons. The molecule has 7 heteroatoms. The smallest absolute Gasteiger partial charge is 0.407 e. The number of hydrogen-bond donors (Lipinski definition) is 3. The van der Waals surface area contributed by atoms with E-state index < -0.39 is 18.1 Å². The first-order valence-electron chi connectivity index (χ1n) is 12.1. The van der Waals surface area contributed by atoms with E-state index in [4.69, 9.17) is 9.84 Å². The fourth-order valence-corrected chi connectivity index (χ4v) is 6.30. The van der Waals surface area contributed by atoms with Crippen molar-refractivity contribution in [2.24, 2.45) is 17.8 Å². The second-order valence-electron chi connectivity index (χ2n) is 9.86. The van der Waals surface area contributed by atoms with Crippen LogP contribution in [0.5, 0.6) is 0 Å². The Kier molecular flexibility index (Phi) is 6.02. The number of carboxylic acids is 1. The quantitative estimate of drug-likeness (QED) is 0.579. The summed E-state index contributed by atoms with van der Waals surface area (Å²) in [5.74, 6) is -1.04. The van der Waals surface area contributed by atoms with Crippen molar-refractivity contribution in [3.8, 4) is 11.1 Å². The highest BCUT2D eigenvalue weighted by molar-refractivity contribution is 5.82. The lowest BCUT2D eigenvalue weighted by atomic mass is 9.83. The summed E-state index contributed by atoms with van der Waals surface area (Å²) in [5, 5.41) is 14.8. The average Bonchev–Trinajstić information content (AvgIpc) is 3.49. The molecule has 7 nitrogen and oxygen atoms in total. The molecule has 2 fully saturated rings. The molecule has 34 heavy (non-hydrogen) atoms. The van der Waals surface area contributed by atoms with Gasteiger partial charge in [0, 0.05) is 18.0 Å². The van der Waals surface area contributed by atoms with Gasteiger partial charge >= 0.3 is 12.1 Å². The molecule has 0 saturated heterocycles. The Bertz CT molecular complexity index is 1070. The minimum absolute atomic E-state index is 0.0193. The number of fused-ring (bicyclic) bond motifs is 5. The summed E-state index contributed by atoms with van der Waals surface area (Å²) in [7, 11) is 0. The molecule has 2 amide bonds. The third kappa shape index (κ3) is 4.15. The zero-order chi connectivity index (χ0) is 23.8. The molecule has 2 aromatic rings. The number of carbonyl (C=O) groups excluding carboxylic acids is 2. The lowest BCUT2D eigenvalue weighted by molar-refractivity contribution is -0.137. The van der Waals surface area contributed by atoms with E-state index in [1.165, 1.54) is 11.1 Å². The molecule has 2 bridgehead atoms. The van der Waals surface area contributed by atoms with E-state index in [-0.39, 0.29) is 48.6 Å². The van der Waals surface area contributed by atoms with Crippen LogP contribution in [-0.2, 0) is 14.3 Å². The number of ether oxygens (including phenoxy) is 1. The van der Waals surface area contributed by atoms with E-state index in [0.717, 1.165) is 30.4 Å². The maximum Gasteiger partial charge on any atom is 0.407 e. The second kappa shape index (κ2) is 9.12. The third-order valence-corrected chi connectivity index (χ3v) is 7.72. The van der Waals surface area contributed by atoms with Crippen molar-refractivity contribution in [3.63, 3.8) is 0 Å². The van der Waals surface area contributed by atoms with Gasteiger partial charge in [-0.1, -0.05) is 48.5 Å². The maximum atomic E-state index is 13.0. The molecule has 3 aliphatic rings. The van der Waals surface area contributed by atoms with E-state index in [2.05, 4.69) is 34.9 Å². The van der Waals surface area contributed by atoms with Gasteiger partial charge in [-0.2, -0.15) is 0 Å². The first-order chi connectivity index (χ1) is 16.4. The van der Waals surface area contributed by atoms with Crippen LogP contribution in [0.4, 0.5) is 4.79 Å². The van der Waals surface area contributed by atoms with Gasteiger partial charge < -0.3 is 20.5 Å². The molecule has 4 unspecified atom stereocenters. The number of amides is 2. The van der Waals surface area contributed by atoms with Crippen LogP contribution in [0.1, 0.15) is 49.7 Å². The van der Waals surface area contributed by atoms with Crippen LogP contribution >= 0.6 is 0 Å². The Morgan fingerprint density at radius 2 is 1.62 bits per heavy atom. The highest BCUT2D eigenvalue weighted by Gasteiger charge is 2.51. The molecule has 3 N–H and O–H groups in total. The summed E-state index contributed by atoms with van der Waals surface area (Å²) in [4.78, 5) is 36.8. The van der Waals surface area contributed by atoms with E-state index in [9.17, 15) is 14.4 Å². The van der Waals surface area contributed by atoms with E-state index >= 15 is 0 Å². The third-order valence-electron chi connectivity index (χ3n) is 7.72. The van der Waals surface area contributed by atoms with Gasteiger partial charge in [0.15, 0.2) is 0 Å². The average molecular weight is 463 g/mol. The Labute approximate surface area is 198 Å². The minimum atomic E-state index is -0.950. The normalized spacial score (nSPS) is 25.3. The number of aliphatic carboxylic acids is 1. The molecule has 2 aromatic carbocycles. The molecular formula is C27H30N2O5. The topological polar surface area (TPSA) is 105 Å². The largest absolute Gasteiger partial charge is 0.481 e. The van der Waals surface area contributed by atoms with Gasteiger partial charge in [-0.3, -0.25) is 9.59 Å². The number of rotatable bonds is 7. The summed E-state index contributed by atoms with van der Waals surface area (Å²) in [5.41, 5.74) is 4.65. The van der Waals surface area contributed by atoms with Crippen molar-refractivity contribution < 1.29 is 24.2 Å². The monoisotopic (exact) mass is 462 g/mol. The number of carbonyl (C=O) groups is 3. The van der Waals surface area contributed by atoms with Crippen LogP contribution in [0.3, 0.4) is 0 Å². The lowest BCUT2D eigenvalue weighted by Gasteiger charge is -2.31. The fraction of sp³-hybridized carbons (Fsp3) is 0.444. The van der Waals surface area contributed by atoms with Gasteiger partial charge in [0.1, 0.15) is 6.61 Å². The Morgan fingerprint density at radius 1 is 1.00 bits per heavy atom. The van der Waals surface area contributed by atoms with Gasteiger partial charge in [-0.15, -0.1) is 0 Å². The SMILES string of the molecule is C[C@H](CC(=O)O)NC(=O)C1C2CCC(C2)C1NC(=O)OCC1c2ccccc2-c2ccccc21. The number of carboxylic acid groups (broad SMARTS) is 1. The van der Waals surface area contributed by atoms with E-state index in [1.807, 2.05) is 24.3 Å². The van der Waals surface area contributed by atoms with Gasteiger partial charge in [0.25, 0.3) is 0 Å². The predicted molar refractivity (Wildman–Crippen MR) is 126 cm³/mol. The highest BCUT2D eigenvalue weighted by atomic mass is 16.5. The van der Waals surface area contributed by atoms with Crippen LogP contribution in [0.2, 0.25) is 0 Å². The number of alkyl carbamates (subject to hydrolysis) is 1. The molecule has 5 rings (SSSR count). The Morgan fingerprint density at radius 3 is 2.26 bits per heavy atom. The van der Waals surface area contributed by atoms with Crippen molar-refractivity contribution in [3.05, 3.63) is 59.7 Å². The predicted octanol–water partition coefficient (Wildman–Crippen LogP) is 3.92. The minimum Gasteiger partial charge on any atom is -0.481 e. The standard InChI is InChI=1S/C27H30N2O5/c1-15(12-23(30)31)28-26(32)24-16-10-11-17(13-16)25(24)29-27(33)34-14-22-20-8-4-2-6-18(20)19-7-3-5-9-21(19)22/h2-9,15-17,22,24-25H,10-14H2,1H3,(H,28,32)(H,29,33)(H,30,31)/t15-,16?,17?,24?,25?/m1/s1. The van der Waals surface area contributed by atoms with Gasteiger partial charge in [0.2, 0.25) is 5.91 Å². The second-order valence-corrected chi connectivity index (χ2v) is 9.86. The van der Waals surface area contributed by atoms with Crippen LogP contribution in [0.25, 0.3) is 11.1 Å². The summed E-state index contributed by atoms with van der Waals surface area (Å²) in [6.07, 6.45) is 2.21. The van der Waals surface area contributed by atoms with Crippen molar-refractivity contribution in [1.29, 1.82) is 0 Å². The van der Waals surface area contributed by atoms with Crippen molar-refractivity contribution in [2.45, 2.75) is 50.6 Å². The Hall–Kier alpha value is -3.35. The molecular weight excluding hydrogens is 432 g/mol. The van der Waals surface area contributed by atoms with Crippen LogP contribution in [0.15, 0.2) is 48.5 Å². The van der Waals surface area contributed by atoms with E-state index in [0.29, 0.717) is 0 Å².